The predicted molar refractivity (Wildman–Crippen MR) is 158 cm³/mol. The van der Waals surface area contributed by atoms with Gasteiger partial charge in [-0.3, -0.25) is 4.72 Å². The van der Waals surface area contributed by atoms with Gasteiger partial charge in [-0.25, -0.2) is 13.4 Å². The quantitative estimate of drug-likeness (QED) is 0.225. The maximum atomic E-state index is 13.2. The Morgan fingerprint density at radius 2 is 1.55 bits per heavy atom. The summed E-state index contributed by atoms with van der Waals surface area (Å²) in [7, 11) is -3.88. The summed E-state index contributed by atoms with van der Waals surface area (Å²) in [6.45, 7) is 3.09. The molecule has 202 valence electrons. The smallest absolute Gasteiger partial charge is 0.261 e. The van der Waals surface area contributed by atoms with Gasteiger partial charge in [0.25, 0.3) is 10.0 Å². The average molecular weight is 553 g/mol. The van der Waals surface area contributed by atoms with Gasteiger partial charge in [0.15, 0.2) is 5.88 Å². The number of para-hydroxylation sites is 1. The van der Waals surface area contributed by atoms with Crippen molar-refractivity contribution in [2.45, 2.75) is 4.90 Å². The van der Waals surface area contributed by atoms with Crippen molar-refractivity contribution in [3.8, 4) is 5.88 Å². The number of nitrogens with zero attached hydrogens (tertiary/aromatic N) is 2. The van der Waals surface area contributed by atoms with Crippen molar-refractivity contribution >= 4 is 43.7 Å². The monoisotopic (exact) mass is 552 g/mol. The van der Waals surface area contributed by atoms with E-state index in [1.807, 2.05) is 60.7 Å². The molecule has 1 aliphatic heterocycles. The molecule has 0 unspecified atom stereocenters. The summed E-state index contributed by atoms with van der Waals surface area (Å²) in [6, 6.07) is 30.9. The standard InChI is InChI=1S/C31H28N4O4S/c36-31-29(27-21-26(15-16-28(27)33-31)40(37,38)34-24-9-5-2-6-10-24)30(22-7-3-1-4-8-22)32-23-11-13-25(14-12-23)35-17-19-39-20-18-35/h1-16,21,33-34,36H,17-20H2. The fourth-order valence-corrected chi connectivity index (χ4v) is 5.92. The minimum absolute atomic E-state index is 0.0754. The molecule has 9 heteroatoms. The summed E-state index contributed by atoms with van der Waals surface area (Å²) in [5.41, 5.74) is 4.60. The van der Waals surface area contributed by atoms with Crippen LogP contribution in [0.2, 0.25) is 0 Å². The summed E-state index contributed by atoms with van der Waals surface area (Å²) in [5.74, 6) is -0.0897. The van der Waals surface area contributed by atoms with Gasteiger partial charge in [0, 0.05) is 40.9 Å². The Bertz CT molecular complexity index is 1760. The second-order valence-electron chi connectivity index (χ2n) is 9.47. The van der Waals surface area contributed by atoms with Gasteiger partial charge in [-0.05, 0) is 54.6 Å². The molecule has 2 heterocycles. The Balaban J connectivity index is 1.43. The number of fused-ring (bicyclic) bond motifs is 1. The van der Waals surface area contributed by atoms with Crippen LogP contribution in [-0.2, 0) is 14.8 Å². The summed E-state index contributed by atoms with van der Waals surface area (Å²) in [6.07, 6.45) is 0. The summed E-state index contributed by atoms with van der Waals surface area (Å²) < 4.78 is 34.5. The molecular weight excluding hydrogens is 524 g/mol. The number of nitrogens with one attached hydrogen (secondary N) is 2. The fraction of sp³-hybridized carbons (Fsp3) is 0.129. The molecule has 0 amide bonds. The predicted octanol–water partition coefficient (Wildman–Crippen LogP) is 5.68. The van der Waals surface area contributed by atoms with Crippen LogP contribution in [0.15, 0.2) is 113 Å². The lowest BCUT2D eigenvalue weighted by atomic mass is 10.0. The summed E-state index contributed by atoms with van der Waals surface area (Å²) in [4.78, 5) is 10.3. The number of hydrogen-bond acceptors (Lipinski definition) is 6. The third kappa shape index (κ3) is 5.29. The van der Waals surface area contributed by atoms with Crippen LogP contribution in [0.5, 0.6) is 5.88 Å². The first-order chi connectivity index (χ1) is 19.5. The molecule has 3 N–H and O–H groups in total. The number of aromatic nitrogens is 1. The molecule has 6 rings (SSSR count). The van der Waals surface area contributed by atoms with Crippen LogP contribution in [0.1, 0.15) is 11.1 Å². The Morgan fingerprint density at radius 3 is 2.25 bits per heavy atom. The molecule has 5 aromatic rings. The molecular formula is C31H28N4O4S. The van der Waals surface area contributed by atoms with Crippen molar-refractivity contribution in [3.63, 3.8) is 0 Å². The van der Waals surface area contributed by atoms with Gasteiger partial charge in [-0.2, -0.15) is 0 Å². The molecule has 4 aromatic carbocycles. The van der Waals surface area contributed by atoms with Crippen LogP contribution in [0.3, 0.4) is 0 Å². The number of anilines is 2. The number of benzene rings is 4. The van der Waals surface area contributed by atoms with E-state index >= 15 is 0 Å². The second kappa shape index (κ2) is 10.9. The number of sulfonamides is 1. The average Bonchev–Trinajstić information content (AvgIpc) is 3.32. The van der Waals surface area contributed by atoms with Crippen LogP contribution < -0.4 is 9.62 Å². The Kier molecular flexibility index (Phi) is 6.98. The number of aliphatic imine (C=N–C) groups is 1. The Morgan fingerprint density at radius 1 is 0.875 bits per heavy atom. The van der Waals surface area contributed by atoms with E-state index in [2.05, 4.69) is 14.6 Å². The highest BCUT2D eigenvalue weighted by molar-refractivity contribution is 7.92. The molecule has 0 spiro atoms. The highest BCUT2D eigenvalue weighted by atomic mass is 32.2. The summed E-state index contributed by atoms with van der Waals surface area (Å²) in [5, 5.41) is 11.6. The van der Waals surface area contributed by atoms with Gasteiger partial charge in [0.1, 0.15) is 0 Å². The highest BCUT2D eigenvalue weighted by Crippen LogP contribution is 2.33. The zero-order chi connectivity index (χ0) is 27.5. The molecule has 0 radical (unpaired) electrons. The fourth-order valence-electron chi connectivity index (χ4n) is 4.83. The third-order valence-electron chi connectivity index (χ3n) is 6.84. The van der Waals surface area contributed by atoms with Crippen LogP contribution in [0.4, 0.5) is 17.1 Å². The first-order valence-corrected chi connectivity index (χ1v) is 14.5. The lowest BCUT2D eigenvalue weighted by Crippen LogP contribution is -2.36. The molecule has 0 bridgehead atoms. The van der Waals surface area contributed by atoms with Gasteiger partial charge >= 0.3 is 0 Å². The Hall–Kier alpha value is -4.60. The van der Waals surface area contributed by atoms with E-state index in [0.29, 0.717) is 46.8 Å². The van der Waals surface area contributed by atoms with E-state index in [4.69, 9.17) is 9.73 Å². The van der Waals surface area contributed by atoms with Gasteiger partial charge in [0.05, 0.1) is 35.1 Å². The molecule has 40 heavy (non-hydrogen) atoms. The van der Waals surface area contributed by atoms with E-state index < -0.39 is 10.0 Å². The number of aromatic amines is 1. The number of hydrogen-bond donors (Lipinski definition) is 3. The zero-order valence-electron chi connectivity index (χ0n) is 21.6. The van der Waals surface area contributed by atoms with E-state index in [0.717, 1.165) is 24.3 Å². The number of rotatable bonds is 7. The van der Waals surface area contributed by atoms with Crippen molar-refractivity contribution in [1.29, 1.82) is 0 Å². The third-order valence-corrected chi connectivity index (χ3v) is 8.22. The van der Waals surface area contributed by atoms with Crippen LogP contribution in [0, 0.1) is 0 Å². The van der Waals surface area contributed by atoms with Gasteiger partial charge in [-0.1, -0.05) is 48.5 Å². The molecule has 1 aromatic heterocycles. The van der Waals surface area contributed by atoms with Crippen molar-refractivity contribution in [3.05, 3.63) is 114 Å². The van der Waals surface area contributed by atoms with E-state index in [1.54, 1.807) is 36.4 Å². The molecule has 1 fully saturated rings. The van der Waals surface area contributed by atoms with Gasteiger partial charge in [-0.15, -0.1) is 0 Å². The van der Waals surface area contributed by atoms with Gasteiger partial charge < -0.3 is 19.7 Å². The number of morpholine rings is 1. The van der Waals surface area contributed by atoms with Crippen molar-refractivity contribution < 1.29 is 18.3 Å². The van der Waals surface area contributed by atoms with Crippen LogP contribution in [0.25, 0.3) is 10.9 Å². The lowest BCUT2D eigenvalue weighted by molar-refractivity contribution is 0.122. The topological polar surface area (TPSA) is 107 Å². The number of ether oxygens (including phenoxy) is 1. The summed E-state index contributed by atoms with van der Waals surface area (Å²) >= 11 is 0. The molecule has 8 nitrogen and oxygen atoms in total. The highest BCUT2D eigenvalue weighted by Gasteiger charge is 2.22. The molecule has 1 aliphatic rings. The largest absolute Gasteiger partial charge is 0.494 e. The van der Waals surface area contributed by atoms with E-state index in [-0.39, 0.29) is 10.8 Å². The first-order valence-electron chi connectivity index (χ1n) is 13.0. The van der Waals surface area contributed by atoms with Crippen LogP contribution >= 0.6 is 0 Å². The molecule has 0 atom stereocenters. The van der Waals surface area contributed by atoms with E-state index in [9.17, 15) is 13.5 Å². The minimum Gasteiger partial charge on any atom is -0.494 e. The minimum atomic E-state index is -3.88. The maximum absolute atomic E-state index is 13.2. The second-order valence-corrected chi connectivity index (χ2v) is 11.2. The maximum Gasteiger partial charge on any atom is 0.261 e. The van der Waals surface area contributed by atoms with Crippen molar-refractivity contribution in [2.75, 3.05) is 35.9 Å². The molecule has 1 saturated heterocycles. The number of aromatic hydroxyl groups is 1. The van der Waals surface area contributed by atoms with Crippen molar-refractivity contribution in [1.82, 2.24) is 4.98 Å². The van der Waals surface area contributed by atoms with Crippen LogP contribution in [-0.4, -0.2) is 50.5 Å². The van der Waals surface area contributed by atoms with Gasteiger partial charge in [0.2, 0.25) is 0 Å². The molecule has 0 saturated carbocycles. The zero-order valence-corrected chi connectivity index (χ0v) is 22.4. The first kappa shape index (κ1) is 25.7. The van der Waals surface area contributed by atoms with E-state index in [1.165, 1.54) is 6.07 Å². The lowest BCUT2D eigenvalue weighted by Gasteiger charge is -2.28. The molecule has 0 aliphatic carbocycles. The SMILES string of the molecule is O=S(=O)(Nc1ccccc1)c1ccc2[nH]c(O)c(C(=Nc3ccc(N4CCOCC4)cc3)c3ccccc3)c2c1. The Labute approximate surface area is 232 Å². The number of H-pyrrole nitrogens is 1. The van der Waals surface area contributed by atoms with Crippen molar-refractivity contribution in [2.24, 2.45) is 4.99 Å². The normalized spacial score (nSPS) is 14.4.